The smallest absolute Gasteiger partial charge is 0.273 e. The second-order valence-corrected chi connectivity index (χ2v) is 8.11. The molecule has 0 aliphatic carbocycles. The third kappa shape index (κ3) is 4.18. The Balaban J connectivity index is 1.84. The number of carbonyl (C=O) groups excluding carboxylic acids is 2. The summed E-state index contributed by atoms with van der Waals surface area (Å²) < 4.78 is 11.0. The summed E-state index contributed by atoms with van der Waals surface area (Å²) in [4.78, 5) is 30.6. The summed E-state index contributed by atoms with van der Waals surface area (Å²) in [6, 6.07) is 5.91. The van der Waals surface area contributed by atoms with Crippen molar-refractivity contribution in [3.05, 3.63) is 41.6 Å². The predicted octanol–water partition coefficient (Wildman–Crippen LogP) is 3.43. The van der Waals surface area contributed by atoms with Crippen molar-refractivity contribution in [1.29, 1.82) is 0 Å². The molecule has 1 aromatic heterocycles. The van der Waals surface area contributed by atoms with E-state index in [1.54, 1.807) is 4.90 Å². The molecule has 150 valence electrons. The van der Waals surface area contributed by atoms with Gasteiger partial charge in [-0.15, -0.1) is 0 Å². The standard InChI is InChI=1S/C21H27N3O4/c1-6-13(2)22-20(26)15-11-28-18(23-15)10-24-16-9-14(21(3,4)5)7-8-17(16)27-12-19(24)25/h7-9,11,13H,6,10,12H2,1-5H3,(H,22,26). The van der Waals surface area contributed by atoms with Gasteiger partial charge in [0, 0.05) is 6.04 Å². The molecule has 0 saturated carbocycles. The van der Waals surface area contributed by atoms with E-state index in [1.165, 1.54) is 6.26 Å². The maximum absolute atomic E-state index is 12.5. The summed E-state index contributed by atoms with van der Waals surface area (Å²) in [5, 5.41) is 2.85. The Hall–Kier alpha value is -2.83. The molecule has 0 saturated heterocycles. The monoisotopic (exact) mass is 385 g/mol. The number of nitrogens with one attached hydrogen (secondary N) is 1. The number of oxazole rings is 1. The molecule has 0 spiro atoms. The molecule has 1 unspecified atom stereocenters. The average Bonchev–Trinajstić information content (AvgIpc) is 3.11. The minimum Gasteiger partial charge on any atom is -0.482 e. The Kier molecular flexibility index (Phi) is 5.45. The SMILES string of the molecule is CCC(C)NC(=O)c1coc(CN2C(=O)COc3ccc(C(C)(C)C)cc32)n1. The molecule has 7 nitrogen and oxygen atoms in total. The van der Waals surface area contributed by atoms with Crippen LogP contribution in [0.15, 0.2) is 28.9 Å². The maximum Gasteiger partial charge on any atom is 0.273 e. The van der Waals surface area contributed by atoms with Gasteiger partial charge >= 0.3 is 0 Å². The molecule has 1 N–H and O–H groups in total. The molecule has 0 radical (unpaired) electrons. The van der Waals surface area contributed by atoms with Gasteiger partial charge in [0.05, 0.1) is 5.69 Å². The summed E-state index contributed by atoms with van der Waals surface area (Å²) in [6.07, 6.45) is 2.15. The van der Waals surface area contributed by atoms with Crippen LogP contribution in [0.4, 0.5) is 5.69 Å². The molecule has 2 amide bonds. The van der Waals surface area contributed by atoms with Crippen LogP contribution in [0, 0.1) is 0 Å². The van der Waals surface area contributed by atoms with Gasteiger partial charge in [0.25, 0.3) is 11.8 Å². The molecule has 2 heterocycles. The van der Waals surface area contributed by atoms with E-state index in [0.717, 1.165) is 12.0 Å². The first kappa shape index (κ1) is 19.9. The summed E-state index contributed by atoms with van der Waals surface area (Å²) in [5.41, 5.74) is 1.92. The van der Waals surface area contributed by atoms with Gasteiger partial charge in [-0.3, -0.25) is 14.5 Å². The van der Waals surface area contributed by atoms with Crippen LogP contribution in [0.3, 0.4) is 0 Å². The van der Waals surface area contributed by atoms with Gasteiger partial charge in [-0.05, 0) is 36.5 Å². The maximum atomic E-state index is 12.5. The normalized spacial score (nSPS) is 15.0. The molecule has 0 bridgehead atoms. The van der Waals surface area contributed by atoms with Crippen LogP contribution in [-0.4, -0.2) is 29.4 Å². The van der Waals surface area contributed by atoms with Crippen LogP contribution >= 0.6 is 0 Å². The van der Waals surface area contributed by atoms with Crippen LogP contribution in [-0.2, 0) is 16.8 Å². The molecule has 7 heteroatoms. The number of ether oxygens (including phenoxy) is 1. The zero-order valence-corrected chi connectivity index (χ0v) is 17.0. The van der Waals surface area contributed by atoms with E-state index < -0.39 is 0 Å². The van der Waals surface area contributed by atoms with Crippen molar-refractivity contribution in [1.82, 2.24) is 10.3 Å². The lowest BCUT2D eigenvalue weighted by molar-refractivity contribution is -0.121. The largest absolute Gasteiger partial charge is 0.482 e. The summed E-state index contributed by atoms with van der Waals surface area (Å²) in [6.45, 7) is 10.4. The fourth-order valence-electron chi connectivity index (χ4n) is 2.86. The Labute approximate surface area is 165 Å². The van der Waals surface area contributed by atoms with Crippen LogP contribution in [0.25, 0.3) is 0 Å². The van der Waals surface area contributed by atoms with Gasteiger partial charge in [0.1, 0.15) is 18.6 Å². The van der Waals surface area contributed by atoms with Gasteiger partial charge in [-0.25, -0.2) is 4.98 Å². The van der Waals surface area contributed by atoms with Gasteiger partial charge in [-0.2, -0.15) is 0 Å². The third-order valence-electron chi connectivity index (χ3n) is 4.84. The zero-order chi connectivity index (χ0) is 20.5. The first-order valence-corrected chi connectivity index (χ1v) is 9.52. The van der Waals surface area contributed by atoms with E-state index in [-0.39, 0.29) is 42.1 Å². The zero-order valence-electron chi connectivity index (χ0n) is 17.0. The van der Waals surface area contributed by atoms with Crippen molar-refractivity contribution in [2.24, 2.45) is 0 Å². The predicted molar refractivity (Wildman–Crippen MR) is 106 cm³/mol. The molecule has 28 heavy (non-hydrogen) atoms. The summed E-state index contributed by atoms with van der Waals surface area (Å²) >= 11 is 0. The van der Waals surface area contributed by atoms with E-state index >= 15 is 0 Å². The van der Waals surface area contributed by atoms with Gasteiger partial charge in [0.15, 0.2) is 12.3 Å². The number of rotatable bonds is 5. The van der Waals surface area contributed by atoms with Crippen molar-refractivity contribution in [2.45, 2.75) is 59.0 Å². The minimum absolute atomic E-state index is 0.0378. The van der Waals surface area contributed by atoms with E-state index in [1.807, 2.05) is 32.0 Å². The Morgan fingerprint density at radius 3 is 2.79 bits per heavy atom. The molecule has 1 aliphatic rings. The van der Waals surface area contributed by atoms with Crippen molar-refractivity contribution in [3.63, 3.8) is 0 Å². The van der Waals surface area contributed by atoms with E-state index in [4.69, 9.17) is 9.15 Å². The first-order valence-electron chi connectivity index (χ1n) is 9.52. The molecule has 1 aliphatic heterocycles. The molecular formula is C21H27N3O4. The fourth-order valence-corrected chi connectivity index (χ4v) is 2.86. The fraction of sp³-hybridized carbons (Fsp3) is 0.476. The number of aromatic nitrogens is 1. The lowest BCUT2D eigenvalue weighted by Crippen LogP contribution is -2.38. The lowest BCUT2D eigenvalue weighted by atomic mass is 9.86. The van der Waals surface area contributed by atoms with E-state index in [9.17, 15) is 9.59 Å². The number of anilines is 1. The van der Waals surface area contributed by atoms with E-state index in [0.29, 0.717) is 17.3 Å². The van der Waals surface area contributed by atoms with Crippen molar-refractivity contribution in [2.75, 3.05) is 11.5 Å². The minimum atomic E-state index is -0.284. The summed E-state index contributed by atoms with van der Waals surface area (Å²) in [5.74, 6) is 0.487. The molecule has 1 atom stereocenters. The molecule has 2 aromatic rings. The highest BCUT2D eigenvalue weighted by molar-refractivity contribution is 5.98. The number of hydrogen-bond acceptors (Lipinski definition) is 5. The highest BCUT2D eigenvalue weighted by Crippen LogP contribution is 2.37. The summed E-state index contributed by atoms with van der Waals surface area (Å²) in [7, 11) is 0. The molecule has 0 fully saturated rings. The number of benzene rings is 1. The second kappa shape index (κ2) is 7.66. The van der Waals surface area contributed by atoms with Gasteiger partial charge < -0.3 is 14.5 Å². The molecular weight excluding hydrogens is 358 g/mol. The number of carbonyl (C=O) groups is 2. The van der Waals surface area contributed by atoms with E-state index in [2.05, 4.69) is 31.1 Å². The number of hydrogen-bond donors (Lipinski definition) is 1. The molecule has 1 aromatic carbocycles. The topological polar surface area (TPSA) is 84.7 Å². The number of nitrogens with zero attached hydrogens (tertiary/aromatic N) is 2. The van der Waals surface area contributed by atoms with Crippen molar-refractivity contribution in [3.8, 4) is 5.75 Å². The molecule has 3 rings (SSSR count). The highest BCUT2D eigenvalue weighted by atomic mass is 16.5. The number of amides is 2. The van der Waals surface area contributed by atoms with Crippen LogP contribution in [0.1, 0.15) is 63.0 Å². The highest BCUT2D eigenvalue weighted by Gasteiger charge is 2.29. The Morgan fingerprint density at radius 1 is 1.36 bits per heavy atom. The Bertz CT molecular complexity index is 882. The number of fused-ring (bicyclic) bond motifs is 1. The van der Waals surface area contributed by atoms with Crippen LogP contribution in [0.5, 0.6) is 5.75 Å². The van der Waals surface area contributed by atoms with Crippen molar-refractivity contribution >= 4 is 17.5 Å². The second-order valence-electron chi connectivity index (χ2n) is 8.11. The van der Waals surface area contributed by atoms with Gasteiger partial charge in [-0.1, -0.05) is 33.8 Å². The quantitative estimate of drug-likeness (QED) is 0.852. The third-order valence-corrected chi connectivity index (χ3v) is 4.84. The van der Waals surface area contributed by atoms with Crippen LogP contribution in [0.2, 0.25) is 0 Å². The average molecular weight is 385 g/mol. The van der Waals surface area contributed by atoms with Crippen molar-refractivity contribution < 1.29 is 18.7 Å². The Morgan fingerprint density at radius 2 is 2.11 bits per heavy atom. The first-order chi connectivity index (χ1) is 13.2. The van der Waals surface area contributed by atoms with Gasteiger partial charge in [0.2, 0.25) is 5.89 Å². The lowest BCUT2D eigenvalue weighted by Gasteiger charge is -2.30. The van der Waals surface area contributed by atoms with Crippen LogP contribution < -0.4 is 15.0 Å².